The van der Waals surface area contributed by atoms with E-state index in [-0.39, 0.29) is 30.9 Å². The van der Waals surface area contributed by atoms with Gasteiger partial charge in [0, 0.05) is 24.7 Å². The molecule has 0 radical (unpaired) electrons. The lowest BCUT2D eigenvalue weighted by molar-refractivity contribution is -0.152. The molecule has 1 aromatic rings. The molecular formula is C22H30N2O4. The largest absolute Gasteiger partial charge is 0.455 e. The molecule has 3 rings (SSSR count). The number of esters is 1. The van der Waals surface area contributed by atoms with Crippen molar-refractivity contribution < 1.29 is 19.1 Å². The molecule has 1 aromatic carbocycles. The van der Waals surface area contributed by atoms with Gasteiger partial charge in [0.25, 0.3) is 5.91 Å². The maximum Gasteiger partial charge on any atom is 0.311 e. The summed E-state index contributed by atoms with van der Waals surface area (Å²) in [5.74, 6) is -1.33. The smallest absolute Gasteiger partial charge is 0.311 e. The lowest BCUT2D eigenvalue weighted by atomic mass is 10.1. The number of rotatable bonds is 6. The summed E-state index contributed by atoms with van der Waals surface area (Å²) in [4.78, 5) is 38.6. The Morgan fingerprint density at radius 2 is 1.86 bits per heavy atom. The van der Waals surface area contributed by atoms with Gasteiger partial charge in [-0.2, -0.15) is 0 Å². The van der Waals surface area contributed by atoms with Crippen LogP contribution in [0.1, 0.15) is 57.4 Å². The summed E-state index contributed by atoms with van der Waals surface area (Å²) in [6, 6.07) is 7.92. The van der Waals surface area contributed by atoms with Crippen LogP contribution in [0.25, 0.3) is 0 Å². The fourth-order valence-corrected chi connectivity index (χ4v) is 4.12. The average Bonchev–Trinajstić information content (AvgIpc) is 2.91. The first-order valence-corrected chi connectivity index (χ1v) is 10.4. The zero-order chi connectivity index (χ0) is 19.9. The monoisotopic (exact) mass is 386 g/mol. The molecule has 152 valence electrons. The number of nitrogens with zero attached hydrogens (tertiary/aromatic N) is 1. The molecule has 2 fully saturated rings. The molecule has 1 aliphatic heterocycles. The third-order valence-electron chi connectivity index (χ3n) is 5.69. The number of para-hydroxylation sites is 1. The highest BCUT2D eigenvalue weighted by molar-refractivity contribution is 6.00. The average molecular weight is 386 g/mol. The van der Waals surface area contributed by atoms with E-state index in [1.807, 2.05) is 31.2 Å². The Bertz CT molecular complexity index is 710. The van der Waals surface area contributed by atoms with Crippen LogP contribution in [0.15, 0.2) is 24.3 Å². The van der Waals surface area contributed by atoms with Crippen molar-refractivity contribution in [2.75, 3.05) is 18.1 Å². The highest BCUT2D eigenvalue weighted by Crippen LogP contribution is 2.29. The van der Waals surface area contributed by atoms with E-state index >= 15 is 0 Å². The van der Waals surface area contributed by atoms with Gasteiger partial charge in [-0.15, -0.1) is 0 Å². The van der Waals surface area contributed by atoms with Crippen molar-refractivity contribution in [2.24, 2.45) is 5.92 Å². The summed E-state index contributed by atoms with van der Waals surface area (Å²) in [5, 5.41) is 2.97. The zero-order valence-electron chi connectivity index (χ0n) is 16.6. The van der Waals surface area contributed by atoms with Crippen LogP contribution in [0.3, 0.4) is 0 Å². The van der Waals surface area contributed by atoms with Crippen molar-refractivity contribution in [3.05, 3.63) is 29.8 Å². The van der Waals surface area contributed by atoms with Crippen LogP contribution in [0, 0.1) is 5.92 Å². The number of hydrogen-bond acceptors (Lipinski definition) is 4. The van der Waals surface area contributed by atoms with Crippen LogP contribution in [0.2, 0.25) is 0 Å². The number of benzene rings is 1. The number of carbonyl (C=O) groups excluding carboxylic acids is 3. The Morgan fingerprint density at radius 1 is 1.14 bits per heavy atom. The van der Waals surface area contributed by atoms with Crippen LogP contribution >= 0.6 is 0 Å². The number of aryl methyl sites for hydroxylation is 1. The Hall–Kier alpha value is -2.37. The summed E-state index contributed by atoms with van der Waals surface area (Å²) < 4.78 is 5.22. The quantitative estimate of drug-likeness (QED) is 0.602. The standard InChI is InChI=1S/C22H30N2O4/c1-2-16-9-7-8-12-19(16)24-14-17(13-21(24)26)22(27)28-15-20(25)23-18-10-5-3-4-6-11-18/h7-9,12,17-18H,2-6,10-11,13-15H2,1H3,(H,23,25)/t17-/m1/s1. The van der Waals surface area contributed by atoms with Crippen LogP contribution in [-0.2, 0) is 25.5 Å². The number of carbonyl (C=O) groups is 3. The SMILES string of the molecule is CCc1ccccc1N1C[C@H](C(=O)OCC(=O)NC2CCCCCC2)CC1=O. The first-order chi connectivity index (χ1) is 13.6. The molecule has 1 aliphatic carbocycles. The van der Waals surface area contributed by atoms with Crippen molar-refractivity contribution in [3.63, 3.8) is 0 Å². The number of nitrogens with one attached hydrogen (secondary N) is 1. The van der Waals surface area contributed by atoms with E-state index in [9.17, 15) is 14.4 Å². The van der Waals surface area contributed by atoms with Gasteiger partial charge in [0.1, 0.15) is 0 Å². The van der Waals surface area contributed by atoms with E-state index in [0.717, 1.165) is 43.4 Å². The van der Waals surface area contributed by atoms with Crippen LogP contribution < -0.4 is 10.2 Å². The topological polar surface area (TPSA) is 75.7 Å². The van der Waals surface area contributed by atoms with Crippen molar-refractivity contribution >= 4 is 23.5 Å². The van der Waals surface area contributed by atoms with E-state index in [1.54, 1.807) is 4.90 Å². The van der Waals surface area contributed by atoms with Crippen molar-refractivity contribution in [2.45, 2.75) is 64.3 Å². The molecule has 1 saturated carbocycles. The number of anilines is 1. The fraction of sp³-hybridized carbons (Fsp3) is 0.591. The molecular weight excluding hydrogens is 356 g/mol. The molecule has 2 amide bonds. The second kappa shape index (κ2) is 9.71. The predicted octanol–water partition coefficient (Wildman–Crippen LogP) is 2.98. The third kappa shape index (κ3) is 5.12. The van der Waals surface area contributed by atoms with E-state index < -0.39 is 11.9 Å². The van der Waals surface area contributed by atoms with Gasteiger partial charge in [0.05, 0.1) is 5.92 Å². The zero-order valence-corrected chi connectivity index (χ0v) is 16.6. The van der Waals surface area contributed by atoms with Crippen LogP contribution in [0.5, 0.6) is 0 Å². The molecule has 28 heavy (non-hydrogen) atoms. The minimum Gasteiger partial charge on any atom is -0.455 e. The molecule has 0 bridgehead atoms. The highest BCUT2D eigenvalue weighted by atomic mass is 16.5. The molecule has 6 heteroatoms. The Balaban J connectivity index is 1.49. The molecule has 2 aliphatic rings. The van der Waals surface area contributed by atoms with Gasteiger partial charge in [-0.3, -0.25) is 14.4 Å². The first-order valence-electron chi connectivity index (χ1n) is 10.4. The van der Waals surface area contributed by atoms with Gasteiger partial charge in [0.15, 0.2) is 6.61 Å². The van der Waals surface area contributed by atoms with Crippen LogP contribution in [-0.4, -0.2) is 37.0 Å². The Kier molecular flexibility index (Phi) is 7.06. The summed E-state index contributed by atoms with van der Waals surface area (Å²) >= 11 is 0. The van der Waals surface area contributed by atoms with Gasteiger partial charge >= 0.3 is 5.97 Å². The molecule has 1 atom stereocenters. The predicted molar refractivity (Wildman–Crippen MR) is 107 cm³/mol. The molecule has 0 spiro atoms. The highest BCUT2D eigenvalue weighted by Gasteiger charge is 2.37. The lowest BCUT2D eigenvalue weighted by Crippen LogP contribution is -2.38. The molecule has 6 nitrogen and oxygen atoms in total. The second-order valence-electron chi connectivity index (χ2n) is 7.75. The molecule has 1 heterocycles. The molecule has 0 aromatic heterocycles. The van der Waals surface area contributed by atoms with E-state index in [4.69, 9.17) is 4.74 Å². The normalized spacial score (nSPS) is 20.7. The van der Waals surface area contributed by atoms with E-state index in [0.29, 0.717) is 6.54 Å². The maximum atomic E-state index is 12.4. The maximum absolute atomic E-state index is 12.4. The minimum absolute atomic E-state index is 0.0780. The minimum atomic E-state index is -0.525. The number of amides is 2. The van der Waals surface area contributed by atoms with Gasteiger partial charge in [0.2, 0.25) is 5.91 Å². The van der Waals surface area contributed by atoms with Gasteiger partial charge in [-0.05, 0) is 30.9 Å². The molecule has 0 unspecified atom stereocenters. The molecule has 1 saturated heterocycles. The summed E-state index contributed by atoms with van der Waals surface area (Å²) in [6.45, 7) is 2.07. The summed E-state index contributed by atoms with van der Waals surface area (Å²) in [7, 11) is 0. The van der Waals surface area contributed by atoms with E-state index in [2.05, 4.69) is 5.32 Å². The second-order valence-corrected chi connectivity index (χ2v) is 7.75. The fourth-order valence-electron chi connectivity index (χ4n) is 4.12. The Labute approximate surface area is 166 Å². The molecule has 1 N–H and O–H groups in total. The first kappa shape index (κ1) is 20.4. The third-order valence-corrected chi connectivity index (χ3v) is 5.69. The van der Waals surface area contributed by atoms with E-state index in [1.165, 1.54) is 12.8 Å². The van der Waals surface area contributed by atoms with Crippen molar-refractivity contribution in [1.82, 2.24) is 5.32 Å². The number of hydrogen-bond donors (Lipinski definition) is 1. The van der Waals surface area contributed by atoms with Gasteiger partial charge < -0.3 is 15.0 Å². The van der Waals surface area contributed by atoms with Crippen molar-refractivity contribution in [1.29, 1.82) is 0 Å². The summed E-state index contributed by atoms with van der Waals surface area (Å²) in [5.41, 5.74) is 1.93. The Morgan fingerprint density at radius 3 is 2.57 bits per heavy atom. The summed E-state index contributed by atoms with van der Waals surface area (Å²) in [6.07, 6.45) is 7.61. The van der Waals surface area contributed by atoms with Gasteiger partial charge in [-0.25, -0.2) is 0 Å². The van der Waals surface area contributed by atoms with Gasteiger partial charge in [-0.1, -0.05) is 50.8 Å². The van der Waals surface area contributed by atoms with Crippen molar-refractivity contribution in [3.8, 4) is 0 Å². The lowest BCUT2D eigenvalue weighted by Gasteiger charge is -2.20. The van der Waals surface area contributed by atoms with Crippen LogP contribution in [0.4, 0.5) is 5.69 Å². The number of ether oxygens (including phenoxy) is 1.